The van der Waals surface area contributed by atoms with Crippen molar-refractivity contribution in [3.63, 3.8) is 0 Å². The largest absolute Gasteiger partial charge is 0.493 e. The van der Waals surface area contributed by atoms with Crippen LogP contribution in [0.15, 0.2) is 164 Å². The van der Waals surface area contributed by atoms with E-state index in [1.165, 1.54) is 0 Å². The Bertz CT molecular complexity index is 1570. The van der Waals surface area contributed by atoms with Gasteiger partial charge in [-0.25, -0.2) is 4.79 Å². The summed E-state index contributed by atoms with van der Waals surface area (Å²) in [5.74, 6) is -0.461. The van der Waals surface area contributed by atoms with Gasteiger partial charge in [0.05, 0.1) is 5.56 Å². The van der Waals surface area contributed by atoms with E-state index < -0.39 is 36.5 Å². The Balaban J connectivity index is 1.50. The Kier molecular flexibility index (Phi) is 9.80. The average Bonchev–Trinajstić information content (AvgIpc) is 3.60. The van der Waals surface area contributed by atoms with Gasteiger partial charge < -0.3 is 23.5 Å². The molecule has 6 nitrogen and oxygen atoms in total. The summed E-state index contributed by atoms with van der Waals surface area (Å²) >= 11 is 0. The van der Waals surface area contributed by atoms with E-state index in [1.54, 1.807) is 38.5 Å². The van der Waals surface area contributed by atoms with Gasteiger partial charge in [-0.1, -0.05) is 146 Å². The number of carbonyl (C=O) groups is 1. The first-order valence-corrected chi connectivity index (χ1v) is 15.6. The molecule has 1 aliphatic rings. The van der Waals surface area contributed by atoms with Gasteiger partial charge in [0.2, 0.25) is 0 Å². The Morgan fingerprint density at radius 2 is 0.915 bits per heavy atom. The smallest absolute Gasteiger partial charge is 0.458 e. The van der Waals surface area contributed by atoms with Crippen molar-refractivity contribution in [2.24, 2.45) is 0 Å². The number of hydrogen-bond acceptors (Lipinski definition) is 6. The van der Waals surface area contributed by atoms with Crippen molar-refractivity contribution in [3.05, 3.63) is 192 Å². The lowest BCUT2D eigenvalue weighted by atomic mass is 9.71. The molecule has 0 N–H and O–H groups in total. The number of ether oxygens (including phenoxy) is 3. The summed E-state index contributed by atoms with van der Waals surface area (Å²) in [6, 6.07) is 48.8. The van der Waals surface area contributed by atoms with Crippen molar-refractivity contribution in [3.8, 4) is 0 Å². The van der Waals surface area contributed by atoms with E-state index in [1.807, 2.05) is 127 Å². The minimum absolute atomic E-state index is 0.106. The minimum atomic E-state index is -1.16. The first-order chi connectivity index (χ1) is 23.0. The molecule has 1 fully saturated rings. The molecule has 2 atom stereocenters. The molecule has 1 aliphatic heterocycles. The molecule has 1 saturated heterocycles. The highest BCUT2D eigenvalue weighted by atomic mass is 16.7. The van der Waals surface area contributed by atoms with Crippen LogP contribution in [0.3, 0.4) is 0 Å². The summed E-state index contributed by atoms with van der Waals surface area (Å²) in [6.45, 7) is 4.16. The second-order valence-corrected chi connectivity index (χ2v) is 11.4. The van der Waals surface area contributed by atoms with E-state index in [0.29, 0.717) is 11.0 Å². The molecule has 47 heavy (non-hydrogen) atoms. The lowest BCUT2D eigenvalue weighted by Crippen LogP contribution is -2.56. The minimum Gasteiger partial charge on any atom is -0.458 e. The Labute approximate surface area is 276 Å². The van der Waals surface area contributed by atoms with Crippen molar-refractivity contribution in [1.29, 1.82) is 0 Å². The monoisotopic (exact) mass is 624 g/mol. The highest BCUT2D eigenvalue weighted by molar-refractivity contribution is 6.54. The highest BCUT2D eigenvalue weighted by Crippen LogP contribution is 2.50. The number of benzene rings is 5. The van der Waals surface area contributed by atoms with Crippen LogP contribution >= 0.6 is 0 Å². The molecule has 0 radical (unpaired) electrons. The van der Waals surface area contributed by atoms with Crippen LogP contribution in [0, 0.1) is 0 Å². The Morgan fingerprint density at radius 1 is 0.596 bits per heavy atom. The molecule has 0 saturated carbocycles. The van der Waals surface area contributed by atoms with Gasteiger partial charge in [-0.05, 0) is 39.9 Å². The third kappa shape index (κ3) is 6.07. The van der Waals surface area contributed by atoms with Crippen LogP contribution in [0.1, 0.15) is 32.6 Å². The fourth-order valence-corrected chi connectivity index (χ4v) is 6.57. The maximum Gasteiger partial charge on any atom is 0.493 e. The van der Waals surface area contributed by atoms with Crippen LogP contribution in [0.5, 0.6) is 0 Å². The summed E-state index contributed by atoms with van der Waals surface area (Å²) in [5, 5.41) is 0. The Hall–Kier alpha value is -4.79. The molecule has 0 bridgehead atoms. The molecule has 6 rings (SSSR count). The zero-order chi connectivity index (χ0) is 32.7. The van der Waals surface area contributed by atoms with Gasteiger partial charge >= 0.3 is 13.1 Å². The van der Waals surface area contributed by atoms with E-state index in [0.717, 1.165) is 22.3 Å². The van der Waals surface area contributed by atoms with Crippen LogP contribution < -0.4 is 0 Å². The number of carbonyl (C=O) groups excluding carboxylic acids is 1. The van der Waals surface area contributed by atoms with Gasteiger partial charge in [0.25, 0.3) is 0 Å². The molecule has 5 aromatic carbocycles. The lowest BCUT2D eigenvalue weighted by Gasteiger charge is -2.46. The number of methoxy groups -OCH3 is 2. The van der Waals surface area contributed by atoms with Crippen molar-refractivity contribution < 1.29 is 28.3 Å². The van der Waals surface area contributed by atoms with Crippen molar-refractivity contribution in [2.75, 3.05) is 20.8 Å². The van der Waals surface area contributed by atoms with Crippen LogP contribution in [-0.4, -0.2) is 46.1 Å². The zero-order valence-corrected chi connectivity index (χ0v) is 26.5. The topological polar surface area (TPSA) is 63.2 Å². The van der Waals surface area contributed by atoms with Gasteiger partial charge in [0.15, 0.2) is 0 Å². The van der Waals surface area contributed by atoms with E-state index in [9.17, 15) is 4.79 Å². The van der Waals surface area contributed by atoms with Gasteiger partial charge in [0.1, 0.15) is 30.0 Å². The normalized spacial score (nSPS) is 16.5. The fourth-order valence-electron chi connectivity index (χ4n) is 6.57. The zero-order valence-electron chi connectivity index (χ0n) is 26.5. The first-order valence-electron chi connectivity index (χ1n) is 15.6. The van der Waals surface area contributed by atoms with Crippen molar-refractivity contribution >= 4 is 13.1 Å². The molecule has 5 aromatic rings. The quantitative estimate of drug-likeness (QED) is 0.107. The first kappa shape index (κ1) is 32.2. The highest BCUT2D eigenvalue weighted by Gasteiger charge is 2.62. The summed E-state index contributed by atoms with van der Waals surface area (Å²) in [4.78, 5) is 12.9. The lowest BCUT2D eigenvalue weighted by molar-refractivity contribution is -0.136. The third-order valence-corrected chi connectivity index (χ3v) is 8.80. The predicted molar refractivity (Wildman–Crippen MR) is 183 cm³/mol. The molecule has 0 spiro atoms. The summed E-state index contributed by atoms with van der Waals surface area (Å²) in [5.41, 5.74) is 2.08. The van der Waals surface area contributed by atoms with Gasteiger partial charge in [0, 0.05) is 14.2 Å². The second kappa shape index (κ2) is 14.3. The molecular weight excluding hydrogens is 587 g/mol. The molecule has 0 aliphatic carbocycles. The number of esters is 1. The summed E-state index contributed by atoms with van der Waals surface area (Å²) in [6.07, 6.45) is -1.58. The molecule has 1 heterocycles. The van der Waals surface area contributed by atoms with E-state index in [4.69, 9.17) is 23.5 Å². The van der Waals surface area contributed by atoms with Gasteiger partial charge in [-0.3, -0.25) is 0 Å². The molecule has 236 valence electrons. The van der Waals surface area contributed by atoms with E-state index >= 15 is 0 Å². The number of hydrogen-bond donors (Lipinski definition) is 0. The van der Waals surface area contributed by atoms with Gasteiger partial charge in [-0.2, -0.15) is 0 Å². The Morgan fingerprint density at radius 3 is 1.23 bits per heavy atom. The molecule has 7 heteroatoms. The van der Waals surface area contributed by atoms with Crippen molar-refractivity contribution in [1.82, 2.24) is 0 Å². The molecule has 0 amide bonds. The maximum atomic E-state index is 12.9. The van der Waals surface area contributed by atoms with Crippen LogP contribution in [0.4, 0.5) is 0 Å². The van der Waals surface area contributed by atoms with Crippen molar-refractivity contribution in [2.45, 2.75) is 23.4 Å². The van der Waals surface area contributed by atoms with Crippen LogP contribution in [0.2, 0.25) is 0 Å². The average molecular weight is 625 g/mol. The molecular formula is C40H37BO6. The van der Waals surface area contributed by atoms with Crippen LogP contribution in [0.25, 0.3) is 0 Å². The van der Waals surface area contributed by atoms with E-state index in [-0.39, 0.29) is 6.61 Å². The van der Waals surface area contributed by atoms with Crippen LogP contribution in [-0.2, 0) is 34.7 Å². The SMILES string of the molecule is C=C(COC(=O)c1ccccc1)B1O[C@@H](C(OC)(c2ccccc2)c2ccccc2)[C@H](C(OC)(c2ccccc2)c2ccccc2)O1. The summed E-state index contributed by atoms with van der Waals surface area (Å²) in [7, 11) is 2.41. The second-order valence-electron chi connectivity index (χ2n) is 11.4. The standard InChI is InChI=1S/C40H37BO6/c1-30(29-45-38(42)31-19-9-4-10-20-31)41-46-36(39(43-2,32-21-11-5-12-22-32)33-23-13-6-14-24-33)37(47-41)40(44-3,34-25-15-7-16-26-34)35-27-17-8-18-28-35/h4-28,36-37H,1,29H2,2-3H3/t36-,37-/m1/s1. The third-order valence-electron chi connectivity index (χ3n) is 8.80. The predicted octanol–water partition coefficient (Wildman–Crippen LogP) is 7.39. The molecule has 0 unspecified atom stereocenters. The molecule has 0 aromatic heterocycles. The van der Waals surface area contributed by atoms with Gasteiger partial charge in [-0.15, -0.1) is 0 Å². The summed E-state index contributed by atoms with van der Waals surface area (Å²) < 4.78 is 32.9. The fraction of sp³-hybridized carbons (Fsp3) is 0.175. The maximum absolute atomic E-state index is 12.9. The number of rotatable bonds is 12. The van der Waals surface area contributed by atoms with E-state index in [2.05, 4.69) is 6.58 Å².